The molecular weight excluding hydrogens is 368 g/mol. The van der Waals surface area contributed by atoms with E-state index in [9.17, 15) is 9.59 Å². The molecule has 1 fully saturated rings. The number of amides is 2. The molecule has 2 N–H and O–H groups in total. The molecule has 0 saturated carbocycles. The molecule has 1 aromatic heterocycles. The Morgan fingerprint density at radius 2 is 2.03 bits per heavy atom. The lowest BCUT2D eigenvalue weighted by molar-refractivity contribution is -0.122. The van der Waals surface area contributed by atoms with Gasteiger partial charge in [0.25, 0.3) is 0 Å². The topological polar surface area (TPSA) is 83.6 Å². The zero-order valence-corrected chi connectivity index (χ0v) is 16.4. The molecule has 1 aromatic carbocycles. The van der Waals surface area contributed by atoms with E-state index in [1.807, 2.05) is 36.4 Å². The van der Waals surface area contributed by atoms with Crippen LogP contribution in [0.15, 0.2) is 42.6 Å². The van der Waals surface area contributed by atoms with E-state index < -0.39 is 0 Å². The maximum Gasteiger partial charge on any atom is 0.227 e. The molecule has 29 heavy (non-hydrogen) atoms. The number of anilines is 2. The summed E-state index contributed by atoms with van der Waals surface area (Å²) >= 11 is 0. The van der Waals surface area contributed by atoms with Gasteiger partial charge in [-0.15, -0.1) is 0 Å². The third-order valence-electron chi connectivity index (χ3n) is 5.47. The van der Waals surface area contributed by atoms with Crippen molar-refractivity contribution in [3.8, 4) is 0 Å². The number of nitrogens with zero attached hydrogens (tertiary/aromatic N) is 2. The summed E-state index contributed by atoms with van der Waals surface area (Å²) in [6.07, 6.45) is 3.36. The molecule has 0 bridgehead atoms. The van der Waals surface area contributed by atoms with Crippen molar-refractivity contribution in [1.29, 1.82) is 0 Å². The van der Waals surface area contributed by atoms with Crippen molar-refractivity contribution in [3.63, 3.8) is 0 Å². The number of benzene rings is 1. The van der Waals surface area contributed by atoms with Gasteiger partial charge in [-0.25, -0.2) is 4.98 Å². The van der Waals surface area contributed by atoms with Gasteiger partial charge < -0.3 is 20.3 Å². The summed E-state index contributed by atoms with van der Waals surface area (Å²) in [5, 5.41) is 5.86. The Kier molecular flexibility index (Phi) is 6.05. The van der Waals surface area contributed by atoms with Crippen LogP contribution >= 0.6 is 0 Å². The van der Waals surface area contributed by atoms with E-state index in [-0.39, 0.29) is 17.7 Å². The summed E-state index contributed by atoms with van der Waals surface area (Å²) in [6, 6.07) is 11.8. The van der Waals surface area contributed by atoms with E-state index >= 15 is 0 Å². The van der Waals surface area contributed by atoms with Gasteiger partial charge in [-0.1, -0.05) is 24.3 Å². The number of para-hydroxylation sites is 1. The van der Waals surface area contributed by atoms with Gasteiger partial charge in [0, 0.05) is 43.9 Å². The highest BCUT2D eigenvalue weighted by molar-refractivity contribution is 5.96. The molecule has 1 atom stereocenters. The van der Waals surface area contributed by atoms with Gasteiger partial charge in [-0.2, -0.15) is 0 Å². The number of morpholine rings is 1. The number of aromatic nitrogens is 1. The van der Waals surface area contributed by atoms with E-state index in [1.165, 1.54) is 0 Å². The van der Waals surface area contributed by atoms with Gasteiger partial charge in [0.1, 0.15) is 5.82 Å². The largest absolute Gasteiger partial charge is 0.378 e. The number of carbonyl (C=O) groups excluding carboxylic acids is 2. The standard InChI is InChI=1S/C22H26N4O3/c27-21(8-6-18-13-17-3-1-2-4-19(17)25-22(18)28)24-15-16-5-7-20(23-14-16)26-9-11-29-12-10-26/h1-5,7,14,18H,6,8-13,15H2,(H,24,27)(H,25,28)/t18-/m1/s1. The zero-order valence-electron chi connectivity index (χ0n) is 16.4. The highest BCUT2D eigenvalue weighted by Crippen LogP contribution is 2.27. The summed E-state index contributed by atoms with van der Waals surface area (Å²) in [4.78, 5) is 31.2. The number of carbonyl (C=O) groups is 2. The summed E-state index contributed by atoms with van der Waals surface area (Å²) in [7, 11) is 0. The fourth-order valence-electron chi connectivity index (χ4n) is 3.74. The van der Waals surface area contributed by atoms with Gasteiger partial charge >= 0.3 is 0 Å². The first-order valence-corrected chi connectivity index (χ1v) is 10.1. The quantitative estimate of drug-likeness (QED) is 0.784. The average molecular weight is 394 g/mol. The molecule has 0 spiro atoms. The van der Waals surface area contributed by atoms with Crippen LogP contribution in [0.25, 0.3) is 0 Å². The van der Waals surface area contributed by atoms with Crippen molar-refractivity contribution in [2.75, 3.05) is 36.5 Å². The lowest BCUT2D eigenvalue weighted by Gasteiger charge is -2.27. The number of nitrogens with one attached hydrogen (secondary N) is 2. The highest BCUT2D eigenvalue weighted by Gasteiger charge is 2.26. The first kappa shape index (κ1) is 19.4. The molecule has 2 amide bonds. The van der Waals surface area contributed by atoms with Crippen LogP contribution in [-0.4, -0.2) is 43.1 Å². The van der Waals surface area contributed by atoms with Crippen LogP contribution < -0.4 is 15.5 Å². The van der Waals surface area contributed by atoms with Crippen molar-refractivity contribution < 1.29 is 14.3 Å². The minimum absolute atomic E-state index is 0.000554. The number of hydrogen-bond donors (Lipinski definition) is 2. The Hall–Kier alpha value is -2.93. The average Bonchev–Trinajstić information content (AvgIpc) is 2.77. The van der Waals surface area contributed by atoms with Crippen molar-refractivity contribution >= 4 is 23.3 Å². The predicted molar refractivity (Wildman–Crippen MR) is 111 cm³/mol. The number of hydrogen-bond acceptors (Lipinski definition) is 5. The number of pyridine rings is 1. The normalized spacial score (nSPS) is 18.7. The molecule has 7 nitrogen and oxygen atoms in total. The maximum absolute atomic E-state index is 12.2. The lowest BCUT2D eigenvalue weighted by atomic mass is 9.89. The molecule has 7 heteroatoms. The Morgan fingerprint density at radius 3 is 2.83 bits per heavy atom. The Balaban J connectivity index is 1.22. The van der Waals surface area contributed by atoms with Crippen LogP contribution in [0.5, 0.6) is 0 Å². The van der Waals surface area contributed by atoms with Crippen LogP contribution in [0, 0.1) is 5.92 Å². The highest BCUT2D eigenvalue weighted by atomic mass is 16.5. The maximum atomic E-state index is 12.2. The van der Waals surface area contributed by atoms with Crippen LogP contribution in [-0.2, 0) is 27.3 Å². The Bertz CT molecular complexity index is 863. The fraction of sp³-hybridized carbons (Fsp3) is 0.409. The second-order valence-electron chi connectivity index (χ2n) is 7.49. The molecule has 2 aromatic rings. The molecule has 2 aliphatic rings. The summed E-state index contributed by atoms with van der Waals surface area (Å²) in [5.74, 6) is 0.727. The SMILES string of the molecule is O=C(CC[C@@H]1Cc2ccccc2NC1=O)NCc1ccc(N2CCOCC2)nc1. The number of fused-ring (bicyclic) bond motifs is 1. The molecule has 1 saturated heterocycles. The van der Waals surface area contributed by atoms with Gasteiger partial charge in [0.2, 0.25) is 11.8 Å². The van der Waals surface area contributed by atoms with Crippen LogP contribution in [0.1, 0.15) is 24.0 Å². The van der Waals surface area contributed by atoms with E-state index in [4.69, 9.17) is 4.74 Å². The molecule has 4 rings (SSSR count). The van der Waals surface area contributed by atoms with Crippen molar-refractivity contribution in [2.45, 2.75) is 25.8 Å². The van der Waals surface area contributed by atoms with Gasteiger partial charge in [0.15, 0.2) is 0 Å². The van der Waals surface area contributed by atoms with E-state index in [2.05, 4.69) is 20.5 Å². The van der Waals surface area contributed by atoms with Crippen LogP contribution in [0.2, 0.25) is 0 Å². The third-order valence-corrected chi connectivity index (χ3v) is 5.47. The smallest absolute Gasteiger partial charge is 0.227 e. The Morgan fingerprint density at radius 1 is 1.21 bits per heavy atom. The Labute approximate surface area is 170 Å². The summed E-state index contributed by atoms with van der Waals surface area (Å²) < 4.78 is 5.36. The minimum atomic E-state index is -0.162. The molecule has 0 unspecified atom stereocenters. The van der Waals surface area contributed by atoms with Gasteiger partial charge in [0.05, 0.1) is 13.2 Å². The fourth-order valence-corrected chi connectivity index (χ4v) is 3.74. The molecular formula is C22H26N4O3. The third kappa shape index (κ3) is 4.92. The molecule has 3 heterocycles. The number of ether oxygens (including phenoxy) is 1. The monoisotopic (exact) mass is 394 g/mol. The first-order chi connectivity index (χ1) is 14.2. The van der Waals surface area contributed by atoms with Crippen molar-refractivity contribution in [2.24, 2.45) is 5.92 Å². The second kappa shape index (κ2) is 9.05. The van der Waals surface area contributed by atoms with Gasteiger partial charge in [-0.05, 0) is 36.1 Å². The minimum Gasteiger partial charge on any atom is -0.378 e. The van der Waals surface area contributed by atoms with Gasteiger partial charge in [-0.3, -0.25) is 9.59 Å². The zero-order chi connectivity index (χ0) is 20.1. The lowest BCUT2D eigenvalue weighted by Crippen LogP contribution is -2.36. The predicted octanol–water partition coefficient (Wildman–Crippen LogP) is 2.13. The van der Waals surface area contributed by atoms with Crippen molar-refractivity contribution in [1.82, 2.24) is 10.3 Å². The van der Waals surface area contributed by atoms with E-state index in [0.717, 1.165) is 48.9 Å². The summed E-state index contributed by atoms with van der Waals surface area (Å²) in [6.45, 7) is 3.59. The molecule has 0 radical (unpaired) electrons. The number of rotatable bonds is 6. The van der Waals surface area contributed by atoms with Crippen LogP contribution in [0.4, 0.5) is 11.5 Å². The first-order valence-electron chi connectivity index (χ1n) is 10.1. The summed E-state index contributed by atoms with van der Waals surface area (Å²) in [5.41, 5.74) is 2.97. The van der Waals surface area contributed by atoms with E-state index in [0.29, 0.717) is 25.8 Å². The van der Waals surface area contributed by atoms with Crippen molar-refractivity contribution in [3.05, 3.63) is 53.7 Å². The second-order valence-corrected chi connectivity index (χ2v) is 7.49. The van der Waals surface area contributed by atoms with Crippen LogP contribution in [0.3, 0.4) is 0 Å². The molecule has 0 aliphatic carbocycles. The van der Waals surface area contributed by atoms with E-state index in [1.54, 1.807) is 6.20 Å². The molecule has 2 aliphatic heterocycles. The molecule has 152 valence electrons.